The van der Waals surface area contributed by atoms with Gasteiger partial charge in [-0.05, 0) is 46.8 Å². The normalized spacial score (nSPS) is 15.9. The van der Waals surface area contributed by atoms with Gasteiger partial charge in [-0.15, -0.1) is 34.0 Å². The Labute approximate surface area is 193 Å². The number of rotatable bonds is 8. The van der Waals surface area contributed by atoms with Crippen molar-refractivity contribution in [1.82, 2.24) is 9.91 Å². The van der Waals surface area contributed by atoms with E-state index in [1.54, 1.807) is 45.8 Å². The van der Waals surface area contributed by atoms with Gasteiger partial charge in [-0.25, -0.2) is 5.01 Å². The smallest absolute Gasteiger partial charge is 0.264 e. The lowest BCUT2D eigenvalue weighted by molar-refractivity contribution is -0.133. The summed E-state index contributed by atoms with van der Waals surface area (Å²) in [6.45, 7) is 2.73. The van der Waals surface area contributed by atoms with Crippen molar-refractivity contribution >= 4 is 51.5 Å². The van der Waals surface area contributed by atoms with Crippen LogP contribution in [-0.2, 0) is 9.53 Å². The van der Waals surface area contributed by atoms with Gasteiger partial charge in [0.2, 0.25) is 0 Å². The zero-order valence-corrected chi connectivity index (χ0v) is 19.8. The van der Waals surface area contributed by atoms with Gasteiger partial charge < -0.3 is 9.64 Å². The lowest BCUT2D eigenvalue weighted by Gasteiger charge is -2.26. The third-order valence-electron chi connectivity index (χ3n) is 5.09. The van der Waals surface area contributed by atoms with Crippen LogP contribution in [0.25, 0.3) is 0 Å². The van der Waals surface area contributed by atoms with Crippen molar-refractivity contribution in [2.75, 3.05) is 26.8 Å². The Kier molecular flexibility index (Phi) is 6.96. The molecule has 162 valence electrons. The predicted octanol–water partition coefficient (Wildman–Crippen LogP) is 4.65. The highest BCUT2D eigenvalue weighted by atomic mass is 32.1. The van der Waals surface area contributed by atoms with E-state index in [0.717, 1.165) is 21.0 Å². The van der Waals surface area contributed by atoms with E-state index in [2.05, 4.69) is 13.0 Å². The van der Waals surface area contributed by atoms with Crippen molar-refractivity contribution in [3.63, 3.8) is 0 Å². The van der Waals surface area contributed by atoms with Crippen molar-refractivity contribution in [2.45, 2.75) is 19.4 Å². The molecule has 4 rings (SSSR count). The van der Waals surface area contributed by atoms with Crippen LogP contribution in [0.2, 0.25) is 0 Å². The van der Waals surface area contributed by atoms with E-state index in [9.17, 15) is 9.59 Å². The molecule has 9 heteroatoms. The molecule has 0 aliphatic carbocycles. The van der Waals surface area contributed by atoms with Crippen LogP contribution in [0.15, 0.2) is 51.6 Å². The Bertz CT molecular complexity index is 1060. The molecule has 0 radical (unpaired) electrons. The van der Waals surface area contributed by atoms with Gasteiger partial charge in [0.1, 0.15) is 6.54 Å². The minimum Gasteiger partial charge on any atom is -0.383 e. The maximum atomic E-state index is 13.4. The highest BCUT2D eigenvalue weighted by molar-refractivity contribution is 7.12. The first-order valence-electron chi connectivity index (χ1n) is 9.87. The fourth-order valence-corrected chi connectivity index (χ4v) is 5.93. The summed E-state index contributed by atoms with van der Waals surface area (Å²) in [5.74, 6) is -0.351. The number of hydrogen-bond donors (Lipinski definition) is 0. The molecular weight excluding hydrogens is 450 g/mol. The number of hydrogen-bond acceptors (Lipinski definition) is 7. The second-order valence-electron chi connectivity index (χ2n) is 7.15. The number of nitrogens with zero attached hydrogens (tertiary/aromatic N) is 3. The minimum absolute atomic E-state index is 0.0394. The quantitative estimate of drug-likeness (QED) is 0.479. The molecule has 0 fully saturated rings. The van der Waals surface area contributed by atoms with Crippen LogP contribution >= 0.6 is 34.0 Å². The lowest BCUT2D eigenvalue weighted by atomic mass is 10.1. The highest BCUT2D eigenvalue weighted by Crippen LogP contribution is 2.38. The lowest BCUT2D eigenvalue weighted by Crippen LogP contribution is -2.42. The molecule has 1 aliphatic rings. The number of carbonyl (C=O) groups excluding carboxylic acids is 2. The van der Waals surface area contributed by atoms with E-state index in [1.165, 1.54) is 11.3 Å². The largest absolute Gasteiger partial charge is 0.383 e. The van der Waals surface area contributed by atoms with E-state index in [1.807, 2.05) is 34.3 Å². The molecule has 0 N–H and O–H groups in total. The van der Waals surface area contributed by atoms with Crippen LogP contribution in [0.3, 0.4) is 0 Å². The van der Waals surface area contributed by atoms with Crippen LogP contribution in [0.1, 0.15) is 37.5 Å². The standard InChI is InChI=1S/C22H23N3O3S3/c1-15-7-12-31-21(15)17-13-16(18-5-3-10-29-18)23-25(17)20(26)14-24(8-9-28-2)22(27)19-6-4-11-30-19/h3-7,10-12,17H,8-9,13-14H2,1-2H3/t17-/m1/s1. The topological polar surface area (TPSA) is 62.2 Å². The van der Waals surface area contributed by atoms with Gasteiger partial charge in [-0.3, -0.25) is 9.59 Å². The van der Waals surface area contributed by atoms with Crippen LogP contribution < -0.4 is 0 Å². The first-order valence-corrected chi connectivity index (χ1v) is 12.5. The average Bonchev–Trinajstić information content (AvgIpc) is 3.55. The first kappa shape index (κ1) is 21.9. The summed E-state index contributed by atoms with van der Waals surface area (Å²) in [4.78, 5) is 30.7. The summed E-state index contributed by atoms with van der Waals surface area (Å²) in [7, 11) is 1.59. The van der Waals surface area contributed by atoms with E-state index in [-0.39, 0.29) is 24.4 Å². The molecule has 0 aromatic carbocycles. The molecule has 3 aromatic rings. The van der Waals surface area contributed by atoms with Gasteiger partial charge in [-0.1, -0.05) is 12.1 Å². The summed E-state index contributed by atoms with van der Waals surface area (Å²) in [6, 6.07) is 9.55. The summed E-state index contributed by atoms with van der Waals surface area (Å²) in [5, 5.41) is 12.2. The number of hydrazone groups is 1. The molecule has 6 nitrogen and oxygen atoms in total. The van der Waals surface area contributed by atoms with Crippen molar-refractivity contribution < 1.29 is 14.3 Å². The van der Waals surface area contributed by atoms with E-state index < -0.39 is 0 Å². The number of methoxy groups -OCH3 is 1. The Morgan fingerprint density at radius 2 is 1.97 bits per heavy atom. The number of carbonyl (C=O) groups is 2. The molecule has 0 saturated carbocycles. The van der Waals surface area contributed by atoms with Gasteiger partial charge in [0, 0.05) is 25.0 Å². The summed E-state index contributed by atoms with van der Waals surface area (Å²) in [5.41, 5.74) is 2.07. The molecule has 0 spiro atoms. The number of amides is 2. The van der Waals surface area contributed by atoms with E-state index >= 15 is 0 Å². The van der Waals surface area contributed by atoms with E-state index in [0.29, 0.717) is 24.4 Å². The zero-order chi connectivity index (χ0) is 21.8. The molecule has 2 amide bonds. The molecule has 0 unspecified atom stereocenters. The van der Waals surface area contributed by atoms with Gasteiger partial charge in [0.15, 0.2) is 0 Å². The number of thiophene rings is 3. The first-order chi connectivity index (χ1) is 15.1. The average molecular weight is 474 g/mol. The fourth-order valence-electron chi connectivity index (χ4n) is 3.51. The Balaban J connectivity index is 1.59. The maximum absolute atomic E-state index is 13.4. The highest BCUT2D eigenvalue weighted by Gasteiger charge is 2.36. The summed E-state index contributed by atoms with van der Waals surface area (Å²) >= 11 is 4.63. The predicted molar refractivity (Wildman–Crippen MR) is 126 cm³/mol. The second-order valence-corrected chi connectivity index (χ2v) is 9.99. The molecule has 31 heavy (non-hydrogen) atoms. The Hall–Kier alpha value is -2.33. The third kappa shape index (κ3) is 4.79. The van der Waals surface area contributed by atoms with Crippen LogP contribution in [0, 0.1) is 6.92 Å². The zero-order valence-electron chi connectivity index (χ0n) is 17.3. The van der Waals surface area contributed by atoms with Gasteiger partial charge >= 0.3 is 0 Å². The number of aryl methyl sites for hydroxylation is 1. The van der Waals surface area contributed by atoms with Crippen LogP contribution in [-0.4, -0.2) is 54.2 Å². The minimum atomic E-state index is -0.189. The molecule has 3 aromatic heterocycles. The van der Waals surface area contributed by atoms with Gasteiger partial charge in [0.25, 0.3) is 11.8 Å². The van der Waals surface area contributed by atoms with Gasteiger partial charge in [-0.2, -0.15) is 5.10 Å². The van der Waals surface area contributed by atoms with Crippen molar-refractivity contribution in [3.8, 4) is 0 Å². The molecular formula is C22H23N3O3S3. The molecule has 1 atom stereocenters. The Morgan fingerprint density at radius 1 is 1.16 bits per heavy atom. The second kappa shape index (κ2) is 9.86. The summed E-state index contributed by atoms with van der Waals surface area (Å²) < 4.78 is 5.17. The molecule has 0 bridgehead atoms. The SMILES string of the molecule is COCCN(CC(=O)N1N=C(c2cccs2)C[C@@H]1c1sccc1C)C(=O)c1cccs1. The monoisotopic (exact) mass is 473 g/mol. The van der Waals surface area contributed by atoms with Crippen LogP contribution in [0.4, 0.5) is 0 Å². The number of ether oxygens (including phenoxy) is 1. The summed E-state index contributed by atoms with van der Waals surface area (Å²) in [6.07, 6.45) is 0.671. The van der Waals surface area contributed by atoms with Crippen molar-refractivity contribution in [3.05, 3.63) is 66.7 Å². The van der Waals surface area contributed by atoms with Crippen molar-refractivity contribution in [2.24, 2.45) is 5.10 Å². The third-order valence-corrected chi connectivity index (χ3v) is 7.98. The Morgan fingerprint density at radius 3 is 2.61 bits per heavy atom. The van der Waals surface area contributed by atoms with E-state index in [4.69, 9.17) is 9.84 Å². The molecule has 1 aliphatic heterocycles. The molecule has 0 saturated heterocycles. The maximum Gasteiger partial charge on any atom is 0.264 e. The van der Waals surface area contributed by atoms with Gasteiger partial charge in [0.05, 0.1) is 28.1 Å². The van der Waals surface area contributed by atoms with Crippen molar-refractivity contribution in [1.29, 1.82) is 0 Å². The fraction of sp³-hybridized carbons (Fsp3) is 0.318. The molecule has 4 heterocycles. The van der Waals surface area contributed by atoms with Crippen LogP contribution in [0.5, 0.6) is 0 Å².